The van der Waals surface area contributed by atoms with Gasteiger partial charge in [-0.3, -0.25) is 0 Å². The number of aryl methyl sites for hydroxylation is 1. The van der Waals surface area contributed by atoms with E-state index in [1.165, 1.54) is 4.88 Å². The maximum absolute atomic E-state index is 4.48. The van der Waals surface area contributed by atoms with E-state index in [0.29, 0.717) is 0 Å². The molecule has 6 heteroatoms. The third kappa shape index (κ3) is 3.06. The van der Waals surface area contributed by atoms with Crippen LogP contribution in [0.25, 0.3) is 10.9 Å². The van der Waals surface area contributed by atoms with Crippen LogP contribution in [0.2, 0.25) is 0 Å². The van der Waals surface area contributed by atoms with Gasteiger partial charge in [0.25, 0.3) is 0 Å². The third-order valence-corrected chi connectivity index (χ3v) is 5.06. The number of hydrogen-bond acceptors (Lipinski definition) is 5. The van der Waals surface area contributed by atoms with Gasteiger partial charge in [-0.2, -0.15) is 0 Å². The minimum atomic E-state index is 0.118. The summed E-state index contributed by atoms with van der Waals surface area (Å²) in [6, 6.07) is 6.11. The lowest BCUT2D eigenvalue weighted by Gasteiger charge is -2.13. The van der Waals surface area contributed by atoms with Crippen molar-refractivity contribution in [3.05, 3.63) is 45.1 Å². The Bertz CT molecular complexity index is 771. The van der Waals surface area contributed by atoms with Crippen molar-refractivity contribution >= 4 is 44.0 Å². The van der Waals surface area contributed by atoms with Crippen LogP contribution in [0.15, 0.2) is 35.2 Å². The van der Waals surface area contributed by atoms with Crippen LogP contribution in [-0.4, -0.2) is 15.0 Å². The highest BCUT2D eigenvalue weighted by atomic mass is 79.9. The number of aromatic nitrogens is 3. The van der Waals surface area contributed by atoms with E-state index in [4.69, 9.17) is 0 Å². The number of fused-ring (bicyclic) bond motifs is 1. The molecule has 0 aliphatic heterocycles. The number of anilines is 1. The molecule has 3 rings (SSSR count). The van der Waals surface area contributed by atoms with Gasteiger partial charge in [-0.25, -0.2) is 15.0 Å². The largest absolute Gasteiger partial charge is 0.360 e. The normalized spacial score (nSPS) is 12.5. The highest BCUT2D eigenvalue weighted by molar-refractivity contribution is 9.10. The Morgan fingerprint density at radius 1 is 1.29 bits per heavy atom. The maximum Gasteiger partial charge on any atom is 0.137 e. The van der Waals surface area contributed by atoms with Crippen molar-refractivity contribution in [2.45, 2.75) is 26.3 Å². The van der Waals surface area contributed by atoms with Gasteiger partial charge < -0.3 is 5.32 Å². The molecule has 1 unspecified atom stereocenters. The second kappa shape index (κ2) is 6.07. The Balaban J connectivity index is 1.92. The monoisotopic (exact) mass is 362 g/mol. The second-order valence-electron chi connectivity index (χ2n) is 4.77. The van der Waals surface area contributed by atoms with Gasteiger partial charge in [-0.05, 0) is 31.5 Å². The summed E-state index contributed by atoms with van der Waals surface area (Å²) in [5, 5.41) is 5.52. The Labute approximate surface area is 135 Å². The van der Waals surface area contributed by atoms with Gasteiger partial charge >= 0.3 is 0 Å². The summed E-state index contributed by atoms with van der Waals surface area (Å²) >= 11 is 5.24. The van der Waals surface area contributed by atoms with Crippen molar-refractivity contribution < 1.29 is 0 Å². The van der Waals surface area contributed by atoms with E-state index >= 15 is 0 Å². The maximum atomic E-state index is 4.48. The zero-order valence-corrected chi connectivity index (χ0v) is 14.2. The Kier molecular flexibility index (Phi) is 4.17. The van der Waals surface area contributed by atoms with Gasteiger partial charge in [0.2, 0.25) is 0 Å². The molecule has 0 bridgehead atoms. The van der Waals surface area contributed by atoms with Crippen molar-refractivity contribution in [2.24, 2.45) is 0 Å². The van der Waals surface area contributed by atoms with E-state index in [1.807, 2.05) is 24.4 Å². The average Bonchev–Trinajstić information content (AvgIpc) is 2.97. The van der Waals surface area contributed by atoms with E-state index in [9.17, 15) is 0 Å². The quantitative estimate of drug-likeness (QED) is 0.737. The molecular formula is C15H15BrN4S. The van der Waals surface area contributed by atoms with Crippen molar-refractivity contribution in [1.82, 2.24) is 15.0 Å². The van der Waals surface area contributed by atoms with Crippen molar-refractivity contribution in [1.29, 1.82) is 0 Å². The van der Waals surface area contributed by atoms with E-state index in [0.717, 1.165) is 32.6 Å². The van der Waals surface area contributed by atoms with Gasteiger partial charge in [0, 0.05) is 20.9 Å². The number of nitrogens with zero attached hydrogens (tertiary/aromatic N) is 3. The molecule has 0 aliphatic rings. The Morgan fingerprint density at radius 2 is 2.14 bits per heavy atom. The van der Waals surface area contributed by atoms with Crippen LogP contribution in [-0.2, 0) is 6.42 Å². The van der Waals surface area contributed by atoms with Crippen LogP contribution in [0.1, 0.15) is 29.8 Å². The van der Waals surface area contributed by atoms with Gasteiger partial charge in [0.05, 0.1) is 11.6 Å². The van der Waals surface area contributed by atoms with Gasteiger partial charge in [-0.1, -0.05) is 22.9 Å². The summed E-state index contributed by atoms with van der Waals surface area (Å²) in [4.78, 5) is 14.5. The highest BCUT2D eigenvalue weighted by Crippen LogP contribution is 2.28. The van der Waals surface area contributed by atoms with E-state index in [2.05, 4.69) is 50.0 Å². The minimum absolute atomic E-state index is 0.118. The van der Waals surface area contributed by atoms with Crippen molar-refractivity contribution in [3.8, 4) is 0 Å². The van der Waals surface area contributed by atoms with E-state index in [-0.39, 0.29) is 6.04 Å². The molecular weight excluding hydrogens is 348 g/mol. The van der Waals surface area contributed by atoms with Crippen LogP contribution in [0.4, 0.5) is 5.82 Å². The van der Waals surface area contributed by atoms with Gasteiger partial charge in [0.1, 0.15) is 17.2 Å². The summed E-state index contributed by atoms with van der Waals surface area (Å²) in [6.07, 6.45) is 4.56. The zero-order chi connectivity index (χ0) is 14.8. The smallest absolute Gasteiger partial charge is 0.137 e. The lowest BCUT2D eigenvalue weighted by Crippen LogP contribution is -2.08. The molecule has 0 aliphatic carbocycles. The molecule has 0 saturated carbocycles. The molecule has 0 amide bonds. The Hall–Kier alpha value is -1.53. The number of benzene rings is 1. The number of halogens is 1. The summed E-state index contributed by atoms with van der Waals surface area (Å²) in [5.74, 6) is 0.835. The van der Waals surface area contributed by atoms with Crippen LogP contribution in [0, 0.1) is 0 Å². The molecule has 2 heterocycles. The fraction of sp³-hybridized carbons (Fsp3) is 0.267. The van der Waals surface area contributed by atoms with Crippen molar-refractivity contribution in [3.63, 3.8) is 0 Å². The molecule has 0 radical (unpaired) electrons. The summed E-state index contributed by atoms with van der Waals surface area (Å²) in [7, 11) is 0. The van der Waals surface area contributed by atoms with E-state index < -0.39 is 0 Å². The topological polar surface area (TPSA) is 50.7 Å². The molecule has 2 aromatic heterocycles. The fourth-order valence-corrected chi connectivity index (χ4v) is 3.32. The first-order valence-electron chi connectivity index (χ1n) is 6.78. The molecule has 0 fully saturated rings. The standard InChI is InChI=1S/C15H15BrN4S/c1-3-11-7-17-15(21-11)9(2)20-14-12-6-10(16)4-5-13(12)18-8-19-14/h4-9H,3H2,1-2H3,(H,18,19,20). The van der Waals surface area contributed by atoms with Crippen LogP contribution in [0.3, 0.4) is 0 Å². The minimum Gasteiger partial charge on any atom is -0.360 e. The number of hydrogen-bond donors (Lipinski definition) is 1. The third-order valence-electron chi connectivity index (χ3n) is 3.24. The van der Waals surface area contributed by atoms with Crippen LogP contribution in [0.5, 0.6) is 0 Å². The zero-order valence-electron chi connectivity index (χ0n) is 11.8. The predicted octanol–water partition coefficient (Wildman–Crippen LogP) is 4.58. The van der Waals surface area contributed by atoms with E-state index in [1.54, 1.807) is 17.7 Å². The molecule has 1 aromatic carbocycles. The Morgan fingerprint density at radius 3 is 2.90 bits per heavy atom. The lowest BCUT2D eigenvalue weighted by molar-refractivity contribution is 0.861. The first kappa shape index (κ1) is 14.4. The molecule has 108 valence electrons. The fourth-order valence-electron chi connectivity index (χ4n) is 2.10. The number of rotatable bonds is 4. The number of thiazole rings is 1. The molecule has 0 spiro atoms. The molecule has 1 N–H and O–H groups in total. The first-order chi connectivity index (χ1) is 10.2. The molecule has 4 nitrogen and oxygen atoms in total. The summed E-state index contributed by atoms with van der Waals surface area (Å²) < 4.78 is 1.02. The van der Waals surface area contributed by atoms with Crippen molar-refractivity contribution in [2.75, 3.05) is 5.32 Å². The van der Waals surface area contributed by atoms with Gasteiger partial charge in [0.15, 0.2) is 0 Å². The average molecular weight is 363 g/mol. The molecule has 21 heavy (non-hydrogen) atoms. The predicted molar refractivity (Wildman–Crippen MR) is 90.8 cm³/mol. The SMILES string of the molecule is CCc1cnc(C(C)Nc2ncnc3ccc(Br)cc23)s1. The first-order valence-corrected chi connectivity index (χ1v) is 8.39. The molecule has 1 atom stereocenters. The van der Waals surface area contributed by atoms with Gasteiger partial charge in [-0.15, -0.1) is 11.3 Å². The lowest BCUT2D eigenvalue weighted by atomic mass is 10.2. The summed E-state index contributed by atoms with van der Waals surface area (Å²) in [6.45, 7) is 4.25. The van der Waals surface area contributed by atoms with Crippen LogP contribution < -0.4 is 5.32 Å². The molecule has 0 saturated heterocycles. The number of nitrogens with one attached hydrogen (secondary N) is 1. The molecule has 3 aromatic rings. The second-order valence-corrected chi connectivity index (χ2v) is 6.83. The summed E-state index contributed by atoms with van der Waals surface area (Å²) in [5.41, 5.74) is 0.927. The highest BCUT2D eigenvalue weighted by Gasteiger charge is 2.12. The van der Waals surface area contributed by atoms with Crippen LogP contribution >= 0.6 is 27.3 Å².